The number of rotatable bonds is 5. The summed E-state index contributed by atoms with van der Waals surface area (Å²) in [5.74, 6) is -0.775. The van der Waals surface area contributed by atoms with E-state index in [1.165, 1.54) is 12.1 Å². The fourth-order valence-corrected chi connectivity index (χ4v) is 3.60. The van der Waals surface area contributed by atoms with Gasteiger partial charge in [0.1, 0.15) is 0 Å². The second-order valence-corrected chi connectivity index (χ2v) is 7.26. The summed E-state index contributed by atoms with van der Waals surface area (Å²) >= 11 is 3.09. The zero-order chi connectivity index (χ0) is 14.2. The van der Waals surface area contributed by atoms with Crippen LogP contribution in [0, 0.1) is 5.92 Å². The number of sulfonamides is 1. The van der Waals surface area contributed by atoms with E-state index in [9.17, 15) is 13.2 Å². The van der Waals surface area contributed by atoms with Crippen LogP contribution in [0.15, 0.2) is 27.6 Å². The van der Waals surface area contributed by atoms with Gasteiger partial charge < -0.3 is 5.11 Å². The average molecular weight is 348 g/mol. The van der Waals surface area contributed by atoms with Gasteiger partial charge in [-0.2, -0.15) is 0 Å². The molecule has 0 aromatic heterocycles. The maximum absolute atomic E-state index is 12.1. The molecule has 104 valence electrons. The quantitative estimate of drug-likeness (QED) is 0.855. The third-order valence-corrected chi connectivity index (χ3v) is 5.40. The van der Waals surface area contributed by atoms with Crippen LogP contribution >= 0.6 is 15.9 Å². The zero-order valence-electron chi connectivity index (χ0n) is 10.3. The third-order valence-electron chi connectivity index (χ3n) is 3.15. The first-order chi connectivity index (χ1) is 8.81. The number of benzene rings is 1. The number of hydrogen-bond donors (Lipinski definition) is 2. The maximum Gasteiger partial charge on any atom is 0.336 e. The molecule has 2 N–H and O–H groups in total. The number of aromatic carboxylic acids is 1. The molecule has 5 nitrogen and oxygen atoms in total. The van der Waals surface area contributed by atoms with Crippen LogP contribution in [0.1, 0.15) is 30.1 Å². The number of carbonyl (C=O) groups is 1. The lowest BCUT2D eigenvalue weighted by atomic mass is 10.2. The van der Waals surface area contributed by atoms with Crippen LogP contribution < -0.4 is 4.72 Å². The van der Waals surface area contributed by atoms with E-state index in [2.05, 4.69) is 20.7 Å². The molecule has 1 unspecified atom stereocenters. The fourth-order valence-electron chi connectivity index (χ4n) is 1.84. The molecule has 2 rings (SSSR count). The largest absolute Gasteiger partial charge is 0.478 e. The lowest BCUT2D eigenvalue weighted by Gasteiger charge is -2.13. The van der Waals surface area contributed by atoms with Crippen molar-refractivity contribution in [3.8, 4) is 0 Å². The molecule has 0 aliphatic heterocycles. The highest BCUT2D eigenvalue weighted by Gasteiger charge is 2.31. The first-order valence-electron chi connectivity index (χ1n) is 5.86. The molecule has 0 spiro atoms. The van der Waals surface area contributed by atoms with Crippen molar-refractivity contribution in [2.45, 2.75) is 30.7 Å². The molecule has 0 radical (unpaired) electrons. The summed E-state index contributed by atoms with van der Waals surface area (Å²) in [5.41, 5.74) is -0.0676. The van der Waals surface area contributed by atoms with Crippen LogP contribution in [0.2, 0.25) is 0 Å². The van der Waals surface area contributed by atoms with Gasteiger partial charge in [0, 0.05) is 10.5 Å². The minimum absolute atomic E-state index is 0.0272. The van der Waals surface area contributed by atoms with Crippen LogP contribution in [-0.4, -0.2) is 25.5 Å². The van der Waals surface area contributed by atoms with Crippen LogP contribution in [0.25, 0.3) is 0 Å². The van der Waals surface area contributed by atoms with Gasteiger partial charge in [-0.25, -0.2) is 17.9 Å². The van der Waals surface area contributed by atoms with Crippen LogP contribution in [-0.2, 0) is 10.0 Å². The van der Waals surface area contributed by atoms with Crippen molar-refractivity contribution in [1.29, 1.82) is 0 Å². The average Bonchev–Trinajstić information content (AvgIpc) is 3.11. The van der Waals surface area contributed by atoms with E-state index in [4.69, 9.17) is 5.11 Å². The van der Waals surface area contributed by atoms with Gasteiger partial charge in [-0.1, -0.05) is 0 Å². The second kappa shape index (κ2) is 5.22. The molecule has 1 fully saturated rings. The Hall–Kier alpha value is -0.920. The SMILES string of the molecule is CC(NS(=O)(=O)c1ccc(Br)c(C(=O)O)c1)C1CC1. The first kappa shape index (κ1) is 14.5. The standard InChI is InChI=1S/C12H14BrNO4S/c1-7(8-2-3-8)14-19(17,18)9-4-5-11(13)10(6-9)12(15)16/h4-8,14H,2-3H2,1H3,(H,15,16). The highest BCUT2D eigenvalue weighted by Crippen LogP contribution is 2.33. The molecule has 1 aromatic carbocycles. The molecule has 19 heavy (non-hydrogen) atoms. The van der Waals surface area contributed by atoms with Gasteiger partial charge in [0.2, 0.25) is 10.0 Å². The van der Waals surface area contributed by atoms with E-state index < -0.39 is 16.0 Å². The molecular formula is C12H14BrNO4S. The van der Waals surface area contributed by atoms with Crippen molar-refractivity contribution >= 4 is 31.9 Å². The Kier molecular flexibility index (Phi) is 3.98. The van der Waals surface area contributed by atoms with Crippen molar-refractivity contribution in [3.63, 3.8) is 0 Å². The van der Waals surface area contributed by atoms with Gasteiger partial charge in [0.15, 0.2) is 0 Å². The van der Waals surface area contributed by atoms with Gasteiger partial charge in [0.05, 0.1) is 10.5 Å². The van der Waals surface area contributed by atoms with E-state index in [-0.39, 0.29) is 16.5 Å². The molecule has 0 bridgehead atoms. The minimum Gasteiger partial charge on any atom is -0.478 e. The Balaban J connectivity index is 2.29. The van der Waals surface area contributed by atoms with Crippen molar-refractivity contribution in [2.75, 3.05) is 0 Å². The minimum atomic E-state index is -3.67. The van der Waals surface area contributed by atoms with Crippen molar-refractivity contribution in [1.82, 2.24) is 4.72 Å². The Morgan fingerprint density at radius 3 is 2.63 bits per heavy atom. The predicted octanol–water partition coefficient (Wildman–Crippen LogP) is 2.22. The van der Waals surface area contributed by atoms with E-state index in [1.54, 1.807) is 0 Å². The van der Waals surface area contributed by atoms with Gasteiger partial charge >= 0.3 is 5.97 Å². The molecular weight excluding hydrogens is 334 g/mol. The smallest absolute Gasteiger partial charge is 0.336 e. The Labute approximate surface area is 120 Å². The van der Waals surface area contributed by atoms with Gasteiger partial charge in [0.25, 0.3) is 0 Å². The van der Waals surface area contributed by atoms with Crippen LogP contribution in [0.5, 0.6) is 0 Å². The van der Waals surface area contributed by atoms with E-state index in [0.717, 1.165) is 18.9 Å². The Bertz CT molecular complexity index is 610. The predicted molar refractivity (Wildman–Crippen MR) is 73.6 cm³/mol. The highest BCUT2D eigenvalue weighted by atomic mass is 79.9. The number of hydrogen-bond acceptors (Lipinski definition) is 3. The summed E-state index contributed by atoms with van der Waals surface area (Å²) in [6.45, 7) is 1.83. The normalized spacial score (nSPS) is 17.2. The number of carboxylic acids is 1. The van der Waals surface area contributed by atoms with Crippen molar-refractivity contribution in [2.24, 2.45) is 5.92 Å². The summed E-state index contributed by atoms with van der Waals surface area (Å²) in [6.07, 6.45) is 2.06. The highest BCUT2D eigenvalue weighted by molar-refractivity contribution is 9.10. The maximum atomic E-state index is 12.1. The molecule has 1 saturated carbocycles. The van der Waals surface area contributed by atoms with Gasteiger partial charge in [-0.3, -0.25) is 0 Å². The van der Waals surface area contributed by atoms with Crippen molar-refractivity contribution in [3.05, 3.63) is 28.2 Å². The molecule has 1 atom stereocenters. The molecule has 1 aliphatic rings. The number of carboxylic acid groups (broad SMARTS) is 1. The number of halogens is 1. The summed E-state index contributed by atoms with van der Waals surface area (Å²) in [7, 11) is -3.67. The van der Waals surface area contributed by atoms with Crippen LogP contribution in [0.4, 0.5) is 0 Å². The zero-order valence-corrected chi connectivity index (χ0v) is 12.7. The van der Waals surface area contributed by atoms with E-state index in [1.807, 2.05) is 6.92 Å². The monoisotopic (exact) mass is 347 g/mol. The molecule has 7 heteroatoms. The lowest BCUT2D eigenvalue weighted by Crippen LogP contribution is -2.34. The molecule has 0 amide bonds. The second-order valence-electron chi connectivity index (χ2n) is 4.69. The Morgan fingerprint density at radius 1 is 1.47 bits per heavy atom. The summed E-state index contributed by atoms with van der Waals surface area (Å²) in [4.78, 5) is 11.0. The summed E-state index contributed by atoms with van der Waals surface area (Å²) in [5, 5.41) is 8.99. The van der Waals surface area contributed by atoms with Gasteiger partial charge in [-0.05, 0) is 59.8 Å². The molecule has 0 saturated heterocycles. The first-order valence-corrected chi connectivity index (χ1v) is 8.14. The summed E-state index contributed by atoms with van der Waals surface area (Å²) in [6, 6.07) is 3.86. The van der Waals surface area contributed by atoms with Crippen LogP contribution in [0.3, 0.4) is 0 Å². The molecule has 1 aromatic rings. The topological polar surface area (TPSA) is 83.5 Å². The van der Waals surface area contributed by atoms with Crippen molar-refractivity contribution < 1.29 is 18.3 Å². The lowest BCUT2D eigenvalue weighted by molar-refractivity contribution is 0.0695. The fraction of sp³-hybridized carbons (Fsp3) is 0.417. The molecule has 0 heterocycles. The van der Waals surface area contributed by atoms with E-state index in [0.29, 0.717) is 10.4 Å². The molecule has 1 aliphatic carbocycles. The summed E-state index contributed by atoms with van der Waals surface area (Å²) < 4.78 is 27.2. The Morgan fingerprint density at radius 2 is 2.11 bits per heavy atom. The third kappa shape index (κ3) is 3.34. The number of nitrogens with one attached hydrogen (secondary N) is 1. The van der Waals surface area contributed by atoms with E-state index >= 15 is 0 Å². The van der Waals surface area contributed by atoms with Gasteiger partial charge in [-0.15, -0.1) is 0 Å².